The zero-order valence-electron chi connectivity index (χ0n) is 13.4. The average molecular weight is 313 g/mol. The van der Waals surface area contributed by atoms with Crippen molar-refractivity contribution < 1.29 is 4.42 Å². The molecule has 2 fully saturated rings. The van der Waals surface area contributed by atoms with E-state index in [2.05, 4.69) is 55.2 Å². The number of para-hydroxylation sites is 1. The average Bonchev–Trinajstić information content (AvgIpc) is 3.28. The van der Waals surface area contributed by atoms with E-state index in [0.29, 0.717) is 6.01 Å². The number of hydrogen-bond donors (Lipinski definition) is 0. The lowest BCUT2D eigenvalue weighted by molar-refractivity contribution is 0.226. The summed E-state index contributed by atoms with van der Waals surface area (Å²) in [5, 5.41) is 8.42. The molecule has 1 aromatic heterocycles. The van der Waals surface area contributed by atoms with Gasteiger partial charge >= 0.3 is 6.01 Å². The van der Waals surface area contributed by atoms with Crippen LogP contribution in [0.3, 0.4) is 0 Å². The molecule has 0 saturated carbocycles. The Hall–Kier alpha value is -2.08. The topological polar surface area (TPSA) is 48.6 Å². The van der Waals surface area contributed by atoms with Crippen LogP contribution in [0.2, 0.25) is 0 Å². The van der Waals surface area contributed by atoms with E-state index < -0.39 is 0 Å². The molecule has 23 heavy (non-hydrogen) atoms. The van der Waals surface area contributed by atoms with Gasteiger partial charge in [-0.1, -0.05) is 23.3 Å². The van der Waals surface area contributed by atoms with Crippen LogP contribution in [-0.2, 0) is 6.54 Å². The number of aromatic nitrogens is 2. The Morgan fingerprint density at radius 3 is 2.30 bits per heavy atom. The summed E-state index contributed by atoms with van der Waals surface area (Å²) in [7, 11) is 0. The van der Waals surface area contributed by atoms with E-state index in [1.54, 1.807) is 0 Å². The van der Waals surface area contributed by atoms with Crippen molar-refractivity contribution in [3.63, 3.8) is 0 Å². The molecule has 6 nitrogen and oxygen atoms in total. The van der Waals surface area contributed by atoms with Gasteiger partial charge in [0, 0.05) is 45.0 Å². The van der Waals surface area contributed by atoms with Gasteiger partial charge in [0.25, 0.3) is 0 Å². The third kappa shape index (κ3) is 3.32. The molecule has 2 aromatic rings. The van der Waals surface area contributed by atoms with Crippen LogP contribution >= 0.6 is 0 Å². The van der Waals surface area contributed by atoms with Gasteiger partial charge in [0.1, 0.15) is 0 Å². The SMILES string of the molecule is c1ccc(N2CCN(Cc3nnc(N4CCCC4)o3)CC2)cc1. The molecular formula is C17H23N5O. The highest BCUT2D eigenvalue weighted by atomic mass is 16.4. The van der Waals surface area contributed by atoms with E-state index in [-0.39, 0.29) is 0 Å². The Labute approximate surface area is 136 Å². The summed E-state index contributed by atoms with van der Waals surface area (Å²) in [6, 6.07) is 11.3. The molecule has 2 aliphatic heterocycles. The Bertz CT molecular complexity index is 615. The quantitative estimate of drug-likeness (QED) is 0.860. The van der Waals surface area contributed by atoms with Crippen molar-refractivity contribution in [1.29, 1.82) is 0 Å². The van der Waals surface area contributed by atoms with Crippen molar-refractivity contribution in [1.82, 2.24) is 15.1 Å². The van der Waals surface area contributed by atoms with Crippen LogP contribution in [0.15, 0.2) is 34.7 Å². The van der Waals surface area contributed by atoms with Gasteiger partial charge in [0.2, 0.25) is 5.89 Å². The molecule has 4 rings (SSSR count). The molecule has 0 N–H and O–H groups in total. The molecule has 0 spiro atoms. The fourth-order valence-corrected chi connectivity index (χ4v) is 3.34. The van der Waals surface area contributed by atoms with Gasteiger partial charge in [0.15, 0.2) is 0 Å². The molecule has 2 aliphatic rings. The van der Waals surface area contributed by atoms with Crippen LogP contribution in [0, 0.1) is 0 Å². The van der Waals surface area contributed by atoms with Crippen LogP contribution in [0.4, 0.5) is 11.7 Å². The van der Waals surface area contributed by atoms with E-state index in [4.69, 9.17) is 4.42 Å². The van der Waals surface area contributed by atoms with E-state index in [1.165, 1.54) is 18.5 Å². The van der Waals surface area contributed by atoms with E-state index >= 15 is 0 Å². The maximum Gasteiger partial charge on any atom is 0.318 e. The molecule has 1 aromatic carbocycles. The summed E-state index contributed by atoms with van der Waals surface area (Å²) in [5.74, 6) is 0.736. The minimum absolute atomic E-state index is 0.695. The van der Waals surface area contributed by atoms with E-state index in [1.807, 2.05) is 0 Å². The van der Waals surface area contributed by atoms with Gasteiger partial charge in [0.05, 0.1) is 6.54 Å². The standard InChI is InChI=1S/C17H23N5O/c1-2-6-15(7-3-1)21-12-10-20(11-13-21)14-16-18-19-17(23-16)22-8-4-5-9-22/h1-3,6-7H,4-5,8-14H2. The maximum absolute atomic E-state index is 5.83. The van der Waals surface area contributed by atoms with Gasteiger partial charge in [-0.3, -0.25) is 4.90 Å². The minimum Gasteiger partial charge on any atom is -0.407 e. The smallest absolute Gasteiger partial charge is 0.318 e. The first kappa shape index (κ1) is 14.5. The molecule has 0 aliphatic carbocycles. The first-order valence-electron chi connectivity index (χ1n) is 8.48. The molecule has 0 atom stereocenters. The Morgan fingerprint density at radius 2 is 1.57 bits per heavy atom. The predicted octanol–water partition coefficient (Wildman–Crippen LogP) is 1.99. The third-order valence-corrected chi connectivity index (χ3v) is 4.69. The van der Waals surface area contributed by atoms with Gasteiger partial charge in [-0.25, -0.2) is 0 Å². The van der Waals surface area contributed by atoms with Gasteiger partial charge in [-0.2, -0.15) is 0 Å². The number of anilines is 2. The number of benzene rings is 1. The lowest BCUT2D eigenvalue weighted by atomic mass is 10.2. The van der Waals surface area contributed by atoms with E-state index in [9.17, 15) is 0 Å². The van der Waals surface area contributed by atoms with Crippen molar-refractivity contribution in [2.45, 2.75) is 19.4 Å². The second kappa shape index (κ2) is 6.58. The third-order valence-electron chi connectivity index (χ3n) is 4.69. The monoisotopic (exact) mass is 313 g/mol. The Morgan fingerprint density at radius 1 is 0.826 bits per heavy atom. The zero-order valence-corrected chi connectivity index (χ0v) is 13.4. The highest BCUT2D eigenvalue weighted by molar-refractivity contribution is 5.46. The molecule has 122 valence electrons. The molecular weight excluding hydrogens is 290 g/mol. The molecule has 0 amide bonds. The van der Waals surface area contributed by atoms with Crippen molar-refractivity contribution in [3.8, 4) is 0 Å². The molecule has 0 bridgehead atoms. The summed E-state index contributed by atoms with van der Waals surface area (Å²) in [6.07, 6.45) is 2.44. The van der Waals surface area contributed by atoms with Crippen molar-refractivity contribution in [2.75, 3.05) is 49.1 Å². The maximum atomic E-state index is 5.83. The van der Waals surface area contributed by atoms with Crippen molar-refractivity contribution in [3.05, 3.63) is 36.2 Å². The van der Waals surface area contributed by atoms with Crippen molar-refractivity contribution in [2.24, 2.45) is 0 Å². The second-order valence-electron chi connectivity index (χ2n) is 6.27. The molecule has 2 saturated heterocycles. The van der Waals surface area contributed by atoms with Crippen LogP contribution in [0.5, 0.6) is 0 Å². The van der Waals surface area contributed by atoms with E-state index in [0.717, 1.165) is 51.7 Å². The first-order valence-corrected chi connectivity index (χ1v) is 8.48. The number of nitrogens with zero attached hydrogens (tertiary/aromatic N) is 5. The fourth-order valence-electron chi connectivity index (χ4n) is 3.34. The highest BCUT2D eigenvalue weighted by Gasteiger charge is 2.21. The van der Waals surface area contributed by atoms with Gasteiger partial charge < -0.3 is 14.2 Å². The van der Waals surface area contributed by atoms with Crippen LogP contribution in [-0.4, -0.2) is 54.4 Å². The van der Waals surface area contributed by atoms with Crippen LogP contribution in [0.1, 0.15) is 18.7 Å². The van der Waals surface area contributed by atoms with Crippen LogP contribution < -0.4 is 9.80 Å². The number of hydrogen-bond acceptors (Lipinski definition) is 6. The highest BCUT2D eigenvalue weighted by Crippen LogP contribution is 2.20. The molecule has 6 heteroatoms. The summed E-state index contributed by atoms with van der Waals surface area (Å²) in [5.41, 5.74) is 1.31. The Kier molecular flexibility index (Phi) is 4.15. The zero-order chi connectivity index (χ0) is 15.5. The summed E-state index contributed by atoms with van der Waals surface area (Å²) < 4.78 is 5.83. The second-order valence-corrected chi connectivity index (χ2v) is 6.27. The number of piperazine rings is 1. The lowest BCUT2D eigenvalue weighted by Crippen LogP contribution is -2.46. The van der Waals surface area contributed by atoms with Gasteiger partial charge in [-0.05, 0) is 25.0 Å². The van der Waals surface area contributed by atoms with Crippen LogP contribution in [0.25, 0.3) is 0 Å². The predicted molar refractivity (Wildman–Crippen MR) is 89.7 cm³/mol. The lowest BCUT2D eigenvalue weighted by Gasteiger charge is -2.35. The summed E-state index contributed by atoms with van der Waals surface area (Å²) >= 11 is 0. The molecule has 0 unspecified atom stereocenters. The van der Waals surface area contributed by atoms with Crippen molar-refractivity contribution >= 4 is 11.7 Å². The Balaban J connectivity index is 1.31. The summed E-state index contributed by atoms with van der Waals surface area (Å²) in [4.78, 5) is 7.00. The molecule has 0 radical (unpaired) electrons. The largest absolute Gasteiger partial charge is 0.407 e. The van der Waals surface area contributed by atoms with Gasteiger partial charge in [-0.15, -0.1) is 5.10 Å². The fraction of sp³-hybridized carbons (Fsp3) is 0.529. The minimum atomic E-state index is 0.695. The summed E-state index contributed by atoms with van der Waals surface area (Å²) in [6.45, 7) is 6.96. The first-order chi connectivity index (χ1) is 11.4. The normalized spacial score (nSPS) is 19.5. The number of rotatable bonds is 4. The molecule has 3 heterocycles.